The van der Waals surface area contributed by atoms with Gasteiger partial charge in [-0.1, -0.05) is 18.9 Å². The van der Waals surface area contributed by atoms with Gasteiger partial charge >= 0.3 is 0 Å². The van der Waals surface area contributed by atoms with Crippen molar-refractivity contribution in [3.05, 3.63) is 23.8 Å². The molecule has 3 rings (SSSR count). The Morgan fingerprint density at radius 3 is 2.62 bits per heavy atom. The summed E-state index contributed by atoms with van der Waals surface area (Å²) in [6, 6.07) is 6.08. The van der Waals surface area contributed by atoms with Crippen LogP contribution in [-0.4, -0.2) is 56.7 Å². The molecular formula is C22H34N4O3. The Labute approximate surface area is 173 Å². The van der Waals surface area contributed by atoms with Gasteiger partial charge in [0.1, 0.15) is 0 Å². The molecule has 7 nitrogen and oxygen atoms in total. The Morgan fingerprint density at radius 2 is 1.93 bits per heavy atom. The van der Waals surface area contributed by atoms with E-state index in [-0.39, 0.29) is 12.0 Å². The molecule has 2 N–H and O–H groups in total. The number of hydrogen-bond acceptors (Lipinski definition) is 4. The summed E-state index contributed by atoms with van der Waals surface area (Å²) in [5.41, 5.74) is 1.05. The predicted octanol–water partition coefficient (Wildman–Crippen LogP) is 2.55. The van der Waals surface area contributed by atoms with Crippen molar-refractivity contribution in [2.45, 2.75) is 51.6 Å². The molecule has 1 saturated carbocycles. The van der Waals surface area contributed by atoms with E-state index in [2.05, 4.69) is 17.6 Å². The number of benzene rings is 1. The minimum atomic E-state index is 0.239. The van der Waals surface area contributed by atoms with Gasteiger partial charge in [-0.15, -0.1) is 0 Å². The maximum Gasteiger partial charge on any atom is 0.225 e. The summed E-state index contributed by atoms with van der Waals surface area (Å²) in [5, 5.41) is 6.81. The molecule has 7 heteroatoms. The van der Waals surface area contributed by atoms with Crippen LogP contribution in [0.4, 0.5) is 0 Å². The minimum Gasteiger partial charge on any atom is -0.493 e. The van der Waals surface area contributed by atoms with E-state index in [1.54, 1.807) is 14.2 Å². The number of aliphatic imine (C=N–C) groups is 1. The van der Waals surface area contributed by atoms with Crippen LogP contribution < -0.4 is 20.1 Å². The highest BCUT2D eigenvalue weighted by atomic mass is 16.5. The molecule has 1 amide bonds. The second kappa shape index (κ2) is 10.4. The fourth-order valence-corrected chi connectivity index (χ4v) is 4.17. The van der Waals surface area contributed by atoms with Crippen LogP contribution in [0.5, 0.6) is 11.5 Å². The van der Waals surface area contributed by atoms with E-state index in [1.807, 2.05) is 23.1 Å². The highest BCUT2D eigenvalue weighted by molar-refractivity contribution is 5.81. The SMILES string of the molecule is CCNC(=NCc1ccc(OC)c(OC)c1)NC1CCN(C(=O)C2CCCC2)C1. The van der Waals surface area contributed by atoms with Crippen LogP contribution in [0, 0.1) is 5.92 Å². The first-order valence-corrected chi connectivity index (χ1v) is 10.7. The standard InChI is InChI=1S/C22H34N4O3/c1-4-23-22(24-14-16-9-10-19(28-2)20(13-16)29-3)25-18-11-12-26(15-18)21(27)17-7-5-6-8-17/h9-10,13,17-18H,4-8,11-12,14-15H2,1-3H3,(H2,23,24,25). The molecule has 0 spiro atoms. The number of carbonyl (C=O) groups is 1. The lowest BCUT2D eigenvalue weighted by Gasteiger charge is -2.21. The summed E-state index contributed by atoms with van der Waals surface area (Å²) < 4.78 is 10.7. The van der Waals surface area contributed by atoms with Crippen molar-refractivity contribution in [3.63, 3.8) is 0 Å². The largest absolute Gasteiger partial charge is 0.493 e. The number of likely N-dealkylation sites (tertiary alicyclic amines) is 1. The second-order valence-electron chi connectivity index (χ2n) is 7.78. The van der Waals surface area contributed by atoms with Gasteiger partial charge in [-0.25, -0.2) is 4.99 Å². The predicted molar refractivity (Wildman–Crippen MR) is 114 cm³/mol. The molecule has 1 atom stereocenters. The maximum atomic E-state index is 12.7. The Bertz CT molecular complexity index is 716. The summed E-state index contributed by atoms with van der Waals surface area (Å²) in [6.45, 7) is 4.97. The van der Waals surface area contributed by atoms with Crippen molar-refractivity contribution >= 4 is 11.9 Å². The van der Waals surface area contributed by atoms with E-state index < -0.39 is 0 Å². The van der Waals surface area contributed by atoms with Gasteiger partial charge in [-0.05, 0) is 43.9 Å². The third-order valence-electron chi connectivity index (χ3n) is 5.76. The summed E-state index contributed by atoms with van der Waals surface area (Å²) in [4.78, 5) is 19.4. The number of guanidine groups is 1. The molecule has 0 radical (unpaired) electrons. The van der Waals surface area contributed by atoms with Gasteiger partial charge < -0.3 is 25.0 Å². The first-order chi connectivity index (χ1) is 14.1. The molecule has 0 aromatic heterocycles. The number of methoxy groups -OCH3 is 2. The van der Waals surface area contributed by atoms with E-state index in [1.165, 1.54) is 12.8 Å². The van der Waals surface area contributed by atoms with Crippen LogP contribution >= 0.6 is 0 Å². The number of nitrogens with zero attached hydrogens (tertiary/aromatic N) is 2. The van der Waals surface area contributed by atoms with Crippen molar-refractivity contribution in [1.29, 1.82) is 0 Å². The molecule has 1 aromatic rings. The lowest BCUT2D eigenvalue weighted by Crippen LogP contribution is -2.45. The van der Waals surface area contributed by atoms with Crippen molar-refractivity contribution in [1.82, 2.24) is 15.5 Å². The van der Waals surface area contributed by atoms with Crippen LogP contribution in [0.1, 0.15) is 44.6 Å². The molecular weight excluding hydrogens is 368 g/mol. The number of rotatable bonds is 7. The van der Waals surface area contributed by atoms with Crippen molar-refractivity contribution in [2.75, 3.05) is 33.9 Å². The highest BCUT2D eigenvalue weighted by Crippen LogP contribution is 2.28. The zero-order valence-electron chi connectivity index (χ0n) is 17.9. The molecule has 1 heterocycles. The molecule has 1 aliphatic carbocycles. The molecule has 2 fully saturated rings. The van der Waals surface area contributed by atoms with Crippen LogP contribution in [0.15, 0.2) is 23.2 Å². The topological polar surface area (TPSA) is 75.2 Å². The summed E-state index contributed by atoms with van der Waals surface area (Å²) in [7, 11) is 3.26. The zero-order chi connectivity index (χ0) is 20.6. The fourth-order valence-electron chi connectivity index (χ4n) is 4.17. The molecule has 2 aliphatic rings. The quantitative estimate of drug-likeness (QED) is 0.542. The van der Waals surface area contributed by atoms with Crippen LogP contribution in [-0.2, 0) is 11.3 Å². The van der Waals surface area contributed by atoms with E-state index >= 15 is 0 Å². The van der Waals surface area contributed by atoms with Crippen molar-refractivity contribution < 1.29 is 14.3 Å². The Kier molecular flexibility index (Phi) is 7.61. The molecule has 1 unspecified atom stereocenters. The number of hydrogen-bond donors (Lipinski definition) is 2. The lowest BCUT2D eigenvalue weighted by atomic mass is 10.1. The zero-order valence-corrected chi connectivity index (χ0v) is 17.9. The number of nitrogens with one attached hydrogen (secondary N) is 2. The molecule has 0 bridgehead atoms. The second-order valence-corrected chi connectivity index (χ2v) is 7.78. The fraction of sp³-hybridized carbons (Fsp3) is 0.636. The van der Waals surface area contributed by atoms with Gasteiger partial charge in [0, 0.05) is 31.6 Å². The average Bonchev–Trinajstić information content (AvgIpc) is 3.44. The van der Waals surface area contributed by atoms with E-state index in [4.69, 9.17) is 14.5 Å². The lowest BCUT2D eigenvalue weighted by molar-refractivity contribution is -0.134. The molecule has 1 saturated heterocycles. The normalized spacial score (nSPS) is 20.0. The highest BCUT2D eigenvalue weighted by Gasteiger charge is 2.32. The Morgan fingerprint density at radius 1 is 1.17 bits per heavy atom. The molecule has 160 valence electrons. The Balaban J connectivity index is 1.57. The van der Waals surface area contributed by atoms with Gasteiger partial charge in [0.15, 0.2) is 17.5 Å². The van der Waals surface area contributed by atoms with E-state index in [0.717, 1.165) is 50.4 Å². The minimum absolute atomic E-state index is 0.239. The first-order valence-electron chi connectivity index (χ1n) is 10.7. The van der Waals surface area contributed by atoms with Crippen molar-refractivity contribution in [2.24, 2.45) is 10.9 Å². The third kappa shape index (κ3) is 5.55. The average molecular weight is 403 g/mol. The first kappa shape index (κ1) is 21.3. The van der Waals surface area contributed by atoms with Crippen LogP contribution in [0.3, 0.4) is 0 Å². The molecule has 1 aromatic carbocycles. The maximum absolute atomic E-state index is 12.7. The van der Waals surface area contributed by atoms with Crippen LogP contribution in [0.25, 0.3) is 0 Å². The summed E-state index contributed by atoms with van der Waals surface area (Å²) >= 11 is 0. The third-order valence-corrected chi connectivity index (χ3v) is 5.76. The molecule has 1 aliphatic heterocycles. The monoisotopic (exact) mass is 402 g/mol. The number of amides is 1. The Hall–Kier alpha value is -2.44. The smallest absolute Gasteiger partial charge is 0.225 e. The van der Waals surface area contributed by atoms with Crippen molar-refractivity contribution in [3.8, 4) is 11.5 Å². The number of carbonyl (C=O) groups excluding carboxylic acids is 1. The summed E-state index contributed by atoms with van der Waals surface area (Å²) in [5.74, 6) is 2.79. The number of ether oxygens (including phenoxy) is 2. The van der Waals surface area contributed by atoms with Crippen LogP contribution in [0.2, 0.25) is 0 Å². The summed E-state index contributed by atoms with van der Waals surface area (Å²) in [6.07, 6.45) is 5.46. The van der Waals surface area contributed by atoms with Gasteiger partial charge in [0.25, 0.3) is 0 Å². The van der Waals surface area contributed by atoms with E-state index in [0.29, 0.717) is 24.0 Å². The van der Waals surface area contributed by atoms with Gasteiger partial charge in [-0.3, -0.25) is 4.79 Å². The van der Waals surface area contributed by atoms with Gasteiger partial charge in [-0.2, -0.15) is 0 Å². The molecule has 29 heavy (non-hydrogen) atoms. The van der Waals surface area contributed by atoms with E-state index in [9.17, 15) is 4.79 Å². The van der Waals surface area contributed by atoms with Gasteiger partial charge in [0.2, 0.25) is 5.91 Å². The van der Waals surface area contributed by atoms with Gasteiger partial charge in [0.05, 0.1) is 20.8 Å².